The first kappa shape index (κ1) is 15.8. The SMILES string of the molecule is Cc1ccccc1OCC(O)CNCCC(F)(F)F. The highest BCUT2D eigenvalue weighted by atomic mass is 19.4. The predicted molar refractivity (Wildman–Crippen MR) is 66.2 cm³/mol. The minimum atomic E-state index is -4.17. The quantitative estimate of drug-likeness (QED) is 0.751. The van der Waals surface area contributed by atoms with E-state index in [-0.39, 0.29) is 19.7 Å². The lowest BCUT2D eigenvalue weighted by Crippen LogP contribution is -2.33. The van der Waals surface area contributed by atoms with Crippen LogP contribution in [0, 0.1) is 6.92 Å². The summed E-state index contributed by atoms with van der Waals surface area (Å²) in [5, 5.41) is 12.1. The molecule has 3 nitrogen and oxygen atoms in total. The Morgan fingerprint density at radius 2 is 2.00 bits per heavy atom. The average molecular weight is 277 g/mol. The summed E-state index contributed by atoms with van der Waals surface area (Å²) in [6, 6.07) is 7.34. The van der Waals surface area contributed by atoms with E-state index in [2.05, 4.69) is 5.32 Å². The van der Waals surface area contributed by atoms with E-state index in [0.717, 1.165) is 5.56 Å². The first-order valence-electron chi connectivity index (χ1n) is 6.02. The summed E-state index contributed by atoms with van der Waals surface area (Å²) in [6.07, 6.45) is -5.92. The van der Waals surface area contributed by atoms with Crippen molar-refractivity contribution in [2.24, 2.45) is 0 Å². The van der Waals surface area contributed by atoms with Gasteiger partial charge in [-0.25, -0.2) is 0 Å². The molecule has 0 aliphatic rings. The monoisotopic (exact) mass is 277 g/mol. The van der Waals surface area contributed by atoms with Crippen molar-refractivity contribution in [2.75, 3.05) is 19.7 Å². The molecule has 19 heavy (non-hydrogen) atoms. The molecule has 6 heteroatoms. The summed E-state index contributed by atoms with van der Waals surface area (Å²) in [5.74, 6) is 0.664. The van der Waals surface area contributed by atoms with E-state index in [4.69, 9.17) is 4.74 Å². The molecule has 0 amide bonds. The Morgan fingerprint density at radius 1 is 1.32 bits per heavy atom. The molecular weight excluding hydrogens is 259 g/mol. The van der Waals surface area contributed by atoms with Crippen molar-refractivity contribution in [1.29, 1.82) is 0 Å². The molecule has 0 bridgehead atoms. The van der Waals surface area contributed by atoms with Crippen LogP contribution in [-0.2, 0) is 0 Å². The van der Waals surface area contributed by atoms with Gasteiger partial charge in [-0.3, -0.25) is 0 Å². The van der Waals surface area contributed by atoms with Crippen molar-refractivity contribution < 1.29 is 23.0 Å². The summed E-state index contributed by atoms with van der Waals surface area (Å²) in [7, 11) is 0. The Hall–Kier alpha value is -1.27. The minimum absolute atomic E-state index is 0.0455. The molecule has 1 atom stereocenters. The van der Waals surface area contributed by atoms with Gasteiger partial charge in [0.1, 0.15) is 18.5 Å². The number of alkyl halides is 3. The zero-order valence-electron chi connectivity index (χ0n) is 10.7. The number of benzene rings is 1. The Morgan fingerprint density at radius 3 is 2.63 bits per heavy atom. The molecule has 108 valence electrons. The first-order valence-corrected chi connectivity index (χ1v) is 6.02. The molecule has 0 spiro atoms. The van der Waals surface area contributed by atoms with E-state index < -0.39 is 18.7 Å². The highest BCUT2D eigenvalue weighted by Crippen LogP contribution is 2.18. The summed E-state index contributed by atoms with van der Waals surface area (Å²) in [4.78, 5) is 0. The van der Waals surface area contributed by atoms with Crippen LogP contribution in [0.4, 0.5) is 13.2 Å². The fourth-order valence-electron chi connectivity index (χ4n) is 1.46. The lowest BCUT2D eigenvalue weighted by molar-refractivity contribution is -0.133. The summed E-state index contributed by atoms with van der Waals surface area (Å²) in [6.45, 7) is 1.79. The van der Waals surface area contributed by atoms with Gasteiger partial charge >= 0.3 is 6.18 Å². The van der Waals surface area contributed by atoms with E-state index in [0.29, 0.717) is 5.75 Å². The second-order valence-electron chi connectivity index (χ2n) is 4.30. The second kappa shape index (κ2) is 7.35. The van der Waals surface area contributed by atoms with Crippen molar-refractivity contribution >= 4 is 0 Å². The maximum Gasteiger partial charge on any atom is 0.390 e. The van der Waals surface area contributed by atoms with Crippen molar-refractivity contribution in [3.05, 3.63) is 29.8 Å². The van der Waals surface area contributed by atoms with Crippen molar-refractivity contribution in [2.45, 2.75) is 25.6 Å². The van der Waals surface area contributed by atoms with Crippen molar-refractivity contribution in [3.63, 3.8) is 0 Å². The largest absolute Gasteiger partial charge is 0.491 e. The van der Waals surface area contributed by atoms with Crippen LogP contribution < -0.4 is 10.1 Å². The Kier molecular flexibility index (Phi) is 6.11. The first-order chi connectivity index (χ1) is 8.88. The van der Waals surface area contributed by atoms with Gasteiger partial charge in [0.15, 0.2) is 0 Å². The van der Waals surface area contributed by atoms with E-state index in [1.165, 1.54) is 0 Å². The normalized spacial score (nSPS) is 13.3. The lowest BCUT2D eigenvalue weighted by atomic mass is 10.2. The maximum absolute atomic E-state index is 11.9. The van der Waals surface area contributed by atoms with Gasteiger partial charge in [-0.15, -0.1) is 0 Å². The van der Waals surface area contributed by atoms with Gasteiger partial charge in [-0.1, -0.05) is 18.2 Å². The summed E-state index contributed by atoms with van der Waals surface area (Å²) >= 11 is 0. The van der Waals surface area contributed by atoms with Crippen LogP contribution >= 0.6 is 0 Å². The fourth-order valence-corrected chi connectivity index (χ4v) is 1.46. The number of halogens is 3. The fraction of sp³-hybridized carbons (Fsp3) is 0.538. The molecule has 0 heterocycles. The van der Waals surface area contributed by atoms with Gasteiger partial charge in [0.2, 0.25) is 0 Å². The smallest absolute Gasteiger partial charge is 0.390 e. The molecule has 0 fully saturated rings. The lowest BCUT2D eigenvalue weighted by Gasteiger charge is -2.14. The number of nitrogens with one attached hydrogen (secondary N) is 1. The molecule has 0 aliphatic heterocycles. The number of hydrogen-bond acceptors (Lipinski definition) is 3. The Labute approximate surface area is 110 Å². The molecule has 0 saturated carbocycles. The number of rotatable bonds is 7. The van der Waals surface area contributed by atoms with Crippen molar-refractivity contribution in [1.82, 2.24) is 5.32 Å². The van der Waals surface area contributed by atoms with E-state index >= 15 is 0 Å². The van der Waals surface area contributed by atoms with E-state index in [9.17, 15) is 18.3 Å². The number of hydrogen-bond donors (Lipinski definition) is 2. The van der Waals surface area contributed by atoms with Gasteiger partial charge in [0, 0.05) is 13.1 Å². The number of aliphatic hydroxyl groups is 1. The molecule has 0 aliphatic carbocycles. The van der Waals surface area contributed by atoms with Crippen LogP contribution in [0.5, 0.6) is 5.75 Å². The molecule has 1 aromatic carbocycles. The Balaban J connectivity index is 2.18. The van der Waals surface area contributed by atoms with Crippen LogP contribution in [0.25, 0.3) is 0 Å². The average Bonchev–Trinajstić information content (AvgIpc) is 2.32. The van der Waals surface area contributed by atoms with Crippen LogP contribution in [0.2, 0.25) is 0 Å². The van der Waals surface area contributed by atoms with Crippen LogP contribution in [-0.4, -0.2) is 37.1 Å². The van der Waals surface area contributed by atoms with Gasteiger partial charge < -0.3 is 15.2 Å². The van der Waals surface area contributed by atoms with Crippen LogP contribution in [0.1, 0.15) is 12.0 Å². The van der Waals surface area contributed by atoms with Crippen LogP contribution in [0.3, 0.4) is 0 Å². The summed E-state index contributed by atoms with van der Waals surface area (Å²) < 4.78 is 41.0. The predicted octanol–water partition coefficient (Wildman–Crippen LogP) is 2.28. The number of aliphatic hydroxyl groups excluding tert-OH is 1. The highest BCUT2D eigenvalue weighted by molar-refractivity contribution is 5.31. The topological polar surface area (TPSA) is 41.5 Å². The van der Waals surface area contributed by atoms with E-state index in [1.54, 1.807) is 6.07 Å². The van der Waals surface area contributed by atoms with Crippen LogP contribution in [0.15, 0.2) is 24.3 Å². The zero-order valence-corrected chi connectivity index (χ0v) is 10.7. The number of aryl methyl sites for hydroxylation is 1. The van der Waals surface area contributed by atoms with Gasteiger partial charge in [-0.05, 0) is 18.6 Å². The minimum Gasteiger partial charge on any atom is -0.491 e. The van der Waals surface area contributed by atoms with Gasteiger partial charge in [-0.2, -0.15) is 13.2 Å². The third kappa shape index (κ3) is 7.03. The maximum atomic E-state index is 11.9. The molecule has 0 saturated heterocycles. The Bertz CT molecular complexity index is 382. The molecule has 2 N–H and O–H groups in total. The van der Waals surface area contributed by atoms with Gasteiger partial charge in [0.05, 0.1) is 6.42 Å². The highest BCUT2D eigenvalue weighted by Gasteiger charge is 2.26. The third-order valence-corrected chi connectivity index (χ3v) is 2.49. The molecule has 0 aromatic heterocycles. The molecule has 1 unspecified atom stereocenters. The molecule has 1 aromatic rings. The van der Waals surface area contributed by atoms with Crippen molar-refractivity contribution in [3.8, 4) is 5.75 Å². The number of para-hydroxylation sites is 1. The zero-order chi connectivity index (χ0) is 14.3. The standard InChI is InChI=1S/C13H18F3NO2/c1-10-4-2-3-5-12(10)19-9-11(18)8-17-7-6-13(14,15)16/h2-5,11,17-18H,6-9H2,1H3. The third-order valence-electron chi connectivity index (χ3n) is 2.49. The molecule has 1 rings (SSSR count). The second-order valence-corrected chi connectivity index (χ2v) is 4.30. The molecular formula is C13H18F3NO2. The molecule has 0 radical (unpaired) electrons. The summed E-state index contributed by atoms with van der Waals surface area (Å²) in [5.41, 5.74) is 0.944. The number of ether oxygens (including phenoxy) is 1. The van der Waals surface area contributed by atoms with Gasteiger partial charge in [0.25, 0.3) is 0 Å². The van der Waals surface area contributed by atoms with E-state index in [1.807, 2.05) is 25.1 Å².